The molecule has 1 aromatic carbocycles. The molecule has 0 aliphatic carbocycles. The van der Waals surface area contributed by atoms with Crippen LogP contribution >= 0.6 is 0 Å². The molecule has 4 nitrogen and oxygen atoms in total. The number of hydrogen-bond donors (Lipinski definition) is 1. The largest absolute Gasteiger partial charge is 0.293 e. The number of benzene rings is 1. The summed E-state index contributed by atoms with van der Waals surface area (Å²) in [6.07, 6.45) is 2.39. The molecule has 2 unspecified atom stereocenters. The molecule has 23 heavy (non-hydrogen) atoms. The Morgan fingerprint density at radius 1 is 1.30 bits per heavy atom. The van der Waals surface area contributed by atoms with Crippen LogP contribution in [-0.4, -0.2) is 27.2 Å². The maximum Gasteiger partial charge on any atom is 0.243 e. The Morgan fingerprint density at radius 2 is 1.96 bits per heavy atom. The van der Waals surface area contributed by atoms with Crippen LogP contribution in [0.15, 0.2) is 28.1 Å². The third kappa shape index (κ3) is 5.39. The molecule has 0 aromatic heterocycles. The molecule has 0 aliphatic rings. The van der Waals surface area contributed by atoms with Crippen LogP contribution in [-0.2, 0) is 10.0 Å². The van der Waals surface area contributed by atoms with Crippen molar-refractivity contribution in [1.29, 1.82) is 0 Å². The van der Waals surface area contributed by atoms with E-state index in [9.17, 15) is 12.8 Å². The van der Waals surface area contributed by atoms with Crippen LogP contribution in [0, 0.1) is 11.7 Å². The van der Waals surface area contributed by atoms with Gasteiger partial charge in [-0.05, 0) is 43.4 Å². The van der Waals surface area contributed by atoms with Crippen LogP contribution in [0.1, 0.15) is 52.5 Å². The second kappa shape index (κ2) is 8.55. The lowest BCUT2D eigenvalue weighted by Crippen LogP contribution is -2.36. The maximum atomic E-state index is 14.1. The molecule has 0 radical (unpaired) electrons. The fourth-order valence-electron chi connectivity index (χ4n) is 2.30. The zero-order chi connectivity index (χ0) is 17.6. The lowest BCUT2D eigenvalue weighted by Gasteiger charge is -2.20. The first-order valence-electron chi connectivity index (χ1n) is 8.00. The molecule has 1 N–H and O–H groups in total. The van der Waals surface area contributed by atoms with Crippen molar-refractivity contribution in [3.8, 4) is 0 Å². The highest BCUT2D eigenvalue weighted by molar-refractivity contribution is 7.89. The lowest BCUT2D eigenvalue weighted by atomic mass is 9.99. The maximum absolute atomic E-state index is 14.1. The quantitative estimate of drug-likeness (QED) is 0.731. The Labute approximate surface area is 139 Å². The van der Waals surface area contributed by atoms with E-state index in [1.165, 1.54) is 18.2 Å². The first-order valence-corrected chi connectivity index (χ1v) is 9.49. The Kier molecular flexibility index (Phi) is 7.35. The van der Waals surface area contributed by atoms with Gasteiger partial charge < -0.3 is 0 Å². The minimum atomic E-state index is -3.90. The molecule has 0 bridgehead atoms. The number of halogens is 1. The van der Waals surface area contributed by atoms with Crippen LogP contribution in [0.2, 0.25) is 0 Å². The first-order chi connectivity index (χ1) is 10.7. The van der Waals surface area contributed by atoms with Crippen LogP contribution in [0.25, 0.3) is 0 Å². The first kappa shape index (κ1) is 19.8. The number of nitrogens with one attached hydrogen (secondary N) is 1. The van der Waals surface area contributed by atoms with E-state index < -0.39 is 15.8 Å². The van der Waals surface area contributed by atoms with Crippen LogP contribution in [0.4, 0.5) is 4.39 Å². The molecule has 0 aliphatic heterocycles. The number of aliphatic imine (C=N–C) groups is 1. The van der Waals surface area contributed by atoms with Crippen LogP contribution in [0.5, 0.6) is 0 Å². The highest BCUT2D eigenvalue weighted by Crippen LogP contribution is 2.20. The van der Waals surface area contributed by atoms with E-state index in [2.05, 4.69) is 23.6 Å². The second-order valence-electron chi connectivity index (χ2n) is 5.93. The third-order valence-electron chi connectivity index (χ3n) is 4.17. The summed E-state index contributed by atoms with van der Waals surface area (Å²) < 4.78 is 41.8. The van der Waals surface area contributed by atoms with Crippen LogP contribution in [0.3, 0.4) is 0 Å². The van der Waals surface area contributed by atoms with Gasteiger partial charge in [-0.3, -0.25) is 4.99 Å². The molecule has 1 aromatic rings. The van der Waals surface area contributed by atoms with Gasteiger partial charge in [0.2, 0.25) is 10.0 Å². The van der Waals surface area contributed by atoms with Gasteiger partial charge in [0.05, 0.1) is 0 Å². The van der Waals surface area contributed by atoms with E-state index in [4.69, 9.17) is 0 Å². The fourth-order valence-corrected chi connectivity index (χ4v) is 3.73. The van der Waals surface area contributed by atoms with Crippen molar-refractivity contribution < 1.29 is 12.8 Å². The van der Waals surface area contributed by atoms with Gasteiger partial charge in [-0.2, -0.15) is 0 Å². The fraction of sp³-hybridized carbons (Fsp3) is 0.588. The summed E-state index contributed by atoms with van der Waals surface area (Å²) in [4.78, 5) is 3.70. The summed E-state index contributed by atoms with van der Waals surface area (Å²) in [5.74, 6) is -0.336. The van der Waals surface area contributed by atoms with Gasteiger partial charge in [-0.25, -0.2) is 17.5 Å². The average molecular weight is 342 g/mol. The Balaban J connectivity index is 3.12. The summed E-state index contributed by atoms with van der Waals surface area (Å²) >= 11 is 0. The van der Waals surface area contributed by atoms with Crippen LogP contribution < -0.4 is 4.72 Å². The Bertz CT molecular complexity index is 657. The van der Waals surface area contributed by atoms with E-state index in [1.807, 2.05) is 6.92 Å². The molecular weight excluding hydrogens is 315 g/mol. The molecule has 0 saturated heterocycles. The monoisotopic (exact) mass is 342 g/mol. The molecule has 0 saturated carbocycles. The zero-order valence-electron chi connectivity index (χ0n) is 14.6. The van der Waals surface area contributed by atoms with Crippen molar-refractivity contribution in [3.63, 3.8) is 0 Å². The standard InChI is InChI=1S/C17H27FN2O2S/c1-6-12(3)10-15(7-2)20-23(21,22)17-11-14(13(4)19-5)8-9-16(17)18/h8-9,11-12,15,20H,6-7,10H2,1-5H3. The summed E-state index contributed by atoms with van der Waals surface area (Å²) in [5, 5.41) is 0. The minimum absolute atomic E-state index is 0.195. The van der Waals surface area contributed by atoms with Gasteiger partial charge in [0.25, 0.3) is 0 Å². The smallest absolute Gasteiger partial charge is 0.243 e. The molecule has 1 rings (SSSR count). The Morgan fingerprint density at radius 3 is 2.48 bits per heavy atom. The van der Waals surface area contributed by atoms with E-state index >= 15 is 0 Å². The molecule has 2 atom stereocenters. The number of hydrogen-bond acceptors (Lipinski definition) is 3. The predicted octanol–water partition coefficient (Wildman–Crippen LogP) is 3.76. The normalized spacial score (nSPS) is 15.5. The van der Waals surface area contributed by atoms with Crippen molar-refractivity contribution in [2.75, 3.05) is 7.05 Å². The summed E-state index contributed by atoms with van der Waals surface area (Å²) in [5.41, 5.74) is 1.26. The van der Waals surface area contributed by atoms with Gasteiger partial charge in [0.1, 0.15) is 10.7 Å². The summed E-state index contributed by atoms with van der Waals surface area (Å²) in [7, 11) is -2.28. The van der Waals surface area contributed by atoms with Crippen molar-refractivity contribution in [3.05, 3.63) is 29.6 Å². The zero-order valence-corrected chi connectivity index (χ0v) is 15.4. The SMILES string of the molecule is CCC(C)CC(CC)NS(=O)(=O)c1cc(C(C)=NC)ccc1F. The molecule has 0 spiro atoms. The number of sulfonamides is 1. The van der Waals surface area contributed by atoms with Gasteiger partial charge >= 0.3 is 0 Å². The van der Waals surface area contributed by atoms with E-state index in [0.29, 0.717) is 23.6 Å². The van der Waals surface area contributed by atoms with Gasteiger partial charge in [-0.15, -0.1) is 0 Å². The third-order valence-corrected chi connectivity index (χ3v) is 5.71. The molecule has 130 valence electrons. The lowest BCUT2D eigenvalue weighted by molar-refractivity contribution is 0.419. The summed E-state index contributed by atoms with van der Waals surface area (Å²) in [6, 6.07) is 3.86. The molecule has 0 heterocycles. The number of nitrogens with zero attached hydrogens (tertiary/aromatic N) is 1. The minimum Gasteiger partial charge on any atom is -0.293 e. The molecular formula is C17H27FN2O2S. The number of rotatable bonds is 8. The van der Waals surface area contributed by atoms with Gasteiger partial charge in [0.15, 0.2) is 0 Å². The highest BCUT2D eigenvalue weighted by Gasteiger charge is 2.24. The van der Waals surface area contributed by atoms with Crippen molar-refractivity contribution in [2.45, 2.75) is 57.9 Å². The molecule has 6 heteroatoms. The second-order valence-corrected chi connectivity index (χ2v) is 7.61. The molecule has 0 fully saturated rings. The van der Waals surface area contributed by atoms with Crippen molar-refractivity contribution in [1.82, 2.24) is 4.72 Å². The highest BCUT2D eigenvalue weighted by atomic mass is 32.2. The average Bonchev–Trinajstić information content (AvgIpc) is 2.53. The van der Waals surface area contributed by atoms with E-state index in [1.54, 1.807) is 14.0 Å². The Hall–Kier alpha value is -1.27. The van der Waals surface area contributed by atoms with Crippen molar-refractivity contribution >= 4 is 15.7 Å². The summed E-state index contributed by atoms with van der Waals surface area (Å²) in [6.45, 7) is 7.84. The van der Waals surface area contributed by atoms with Crippen molar-refractivity contribution in [2.24, 2.45) is 10.9 Å². The van der Waals surface area contributed by atoms with Gasteiger partial charge in [0, 0.05) is 18.8 Å². The van der Waals surface area contributed by atoms with Gasteiger partial charge in [-0.1, -0.05) is 33.3 Å². The van der Waals surface area contributed by atoms with E-state index in [0.717, 1.165) is 12.8 Å². The molecule has 0 amide bonds. The van der Waals surface area contributed by atoms with E-state index in [-0.39, 0.29) is 10.9 Å². The predicted molar refractivity (Wildman–Crippen MR) is 93.0 cm³/mol. The topological polar surface area (TPSA) is 58.5 Å².